The summed E-state index contributed by atoms with van der Waals surface area (Å²) in [6.45, 7) is 6.52. The standard InChI is InChI=1S/C21H22ClF3NO6PS/c1-5-33(30,34-12-31-19(27)20(2,3)4)18-11-14(7-8-16(18)26(28)29)32-17-9-6-13(10-15(17)22)21(23,24)25/h6-11H,5,12H2,1-4H3. The summed E-state index contributed by atoms with van der Waals surface area (Å²) in [5, 5.41) is 11.1. The first kappa shape index (κ1) is 28.0. The number of hydrogen-bond donors (Lipinski definition) is 0. The van der Waals surface area contributed by atoms with Gasteiger partial charge >= 0.3 is 12.1 Å². The molecule has 0 fully saturated rings. The Balaban J connectivity index is 2.37. The highest BCUT2D eigenvalue weighted by Crippen LogP contribution is 2.59. The molecule has 0 saturated carbocycles. The molecule has 186 valence electrons. The van der Waals surface area contributed by atoms with E-state index in [9.17, 15) is 32.6 Å². The minimum atomic E-state index is -4.59. The Bertz CT molecular complexity index is 1140. The normalized spacial score (nSPS) is 13.8. The van der Waals surface area contributed by atoms with E-state index in [-0.39, 0.29) is 33.9 Å². The van der Waals surface area contributed by atoms with Crippen LogP contribution in [0.2, 0.25) is 5.02 Å². The lowest BCUT2D eigenvalue weighted by molar-refractivity contribution is -0.383. The van der Waals surface area contributed by atoms with E-state index in [1.807, 2.05) is 0 Å². The summed E-state index contributed by atoms with van der Waals surface area (Å²) >= 11 is 6.70. The average Bonchev–Trinajstić information content (AvgIpc) is 2.73. The van der Waals surface area contributed by atoms with Crippen LogP contribution in [-0.2, 0) is 20.3 Å². The maximum Gasteiger partial charge on any atom is 0.416 e. The minimum Gasteiger partial charge on any atom is -0.456 e. The number of rotatable bonds is 8. The summed E-state index contributed by atoms with van der Waals surface area (Å²) < 4.78 is 62.9. The lowest BCUT2D eigenvalue weighted by atomic mass is 9.98. The number of hydrogen-bond acceptors (Lipinski definition) is 7. The number of nitro groups is 1. The van der Waals surface area contributed by atoms with Crippen molar-refractivity contribution < 1.29 is 36.9 Å². The van der Waals surface area contributed by atoms with Crippen LogP contribution in [0.1, 0.15) is 33.3 Å². The molecule has 0 radical (unpaired) electrons. The molecule has 2 aromatic rings. The van der Waals surface area contributed by atoms with Gasteiger partial charge in [0.15, 0.2) is 6.34 Å². The molecule has 0 aliphatic heterocycles. The lowest BCUT2D eigenvalue weighted by Gasteiger charge is -2.20. The van der Waals surface area contributed by atoms with E-state index in [2.05, 4.69) is 0 Å². The van der Waals surface area contributed by atoms with E-state index >= 15 is 0 Å². The van der Waals surface area contributed by atoms with Crippen molar-refractivity contribution in [2.75, 3.05) is 12.1 Å². The van der Waals surface area contributed by atoms with E-state index in [4.69, 9.17) is 21.1 Å². The van der Waals surface area contributed by atoms with E-state index in [0.717, 1.165) is 29.6 Å². The first-order valence-corrected chi connectivity index (χ1v) is 13.7. The van der Waals surface area contributed by atoms with Crippen LogP contribution in [0.4, 0.5) is 18.9 Å². The van der Waals surface area contributed by atoms with E-state index in [1.54, 1.807) is 27.7 Å². The minimum absolute atomic E-state index is 0.00998. The first-order chi connectivity index (χ1) is 15.6. The Hall–Kier alpha value is -2.23. The van der Waals surface area contributed by atoms with Gasteiger partial charge in [0.05, 0.1) is 20.9 Å². The molecule has 0 amide bonds. The van der Waals surface area contributed by atoms with Crippen molar-refractivity contribution in [3.8, 4) is 11.5 Å². The van der Waals surface area contributed by atoms with Gasteiger partial charge in [-0.3, -0.25) is 14.9 Å². The fraction of sp³-hybridized carbons (Fsp3) is 0.381. The van der Waals surface area contributed by atoms with Crippen molar-refractivity contribution in [1.82, 2.24) is 0 Å². The van der Waals surface area contributed by atoms with Crippen LogP contribution in [-0.4, -0.2) is 23.0 Å². The molecule has 0 aliphatic rings. The second-order valence-electron chi connectivity index (χ2n) is 8.07. The summed E-state index contributed by atoms with van der Waals surface area (Å²) in [6.07, 6.45) is -8.07. The third-order valence-corrected chi connectivity index (χ3v) is 10.3. The summed E-state index contributed by atoms with van der Waals surface area (Å²) in [5.74, 6) is -0.934. The van der Waals surface area contributed by atoms with Gasteiger partial charge < -0.3 is 14.0 Å². The number of nitrogens with zero attached hydrogens (tertiary/aromatic N) is 1. The Kier molecular flexibility index (Phi) is 8.72. The highest BCUT2D eigenvalue weighted by Gasteiger charge is 2.34. The molecule has 13 heteroatoms. The van der Waals surface area contributed by atoms with Crippen LogP contribution < -0.4 is 10.0 Å². The average molecular weight is 540 g/mol. The Morgan fingerprint density at radius 1 is 1.18 bits per heavy atom. The van der Waals surface area contributed by atoms with Crippen LogP contribution in [0.15, 0.2) is 36.4 Å². The van der Waals surface area contributed by atoms with Gasteiger partial charge in [-0.15, -0.1) is 0 Å². The highest BCUT2D eigenvalue weighted by atomic mass is 35.5. The zero-order valence-corrected chi connectivity index (χ0v) is 21.1. The second kappa shape index (κ2) is 10.6. The zero-order chi connectivity index (χ0) is 25.9. The zero-order valence-electron chi connectivity index (χ0n) is 18.6. The third kappa shape index (κ3) is 6.90. The molecule has 0 bridgehead atoms. The van der Waals surface area contributed by atoms with Crippen molar-refractivity contribution in [2.24, 2.45) is 5.41 Å². The number of nitro benzene ring substituents is 1. The van der Waals surface area contributed by atoms with Crippen LogP contribution in [0.5, 0.6) is 11.5 Å². The molecule has 7 nitrogen and oxygen atoms in total. The summed E-state index contributed by atoms with van der Waals surface area (Å²) in [7, 11) is 0. The molecule has 2 rings (SSSR count). The Morgan fingerprint density at radius 3 is 2.32 bits per heavy atom. The molecule has 0 N–H and O–H groups in total. The second-order valence-corrected chi connectivity index (χ2v) is 14.0. The fourth-order valence-corrected chi connectivity index (χ4v) is 6.71. The molecule has 2 aromatic carbocycles. The largest absolute Gasteiger partial charge is 0.456 e. The fourth-order valence-electron chi connectivity index (χ4n) is 2.59. The van der Waals surface area contributed by atoms with E-state index < -0.39 is 40.1 Å². The number of ether oxygens (including phenoxy) is 2. The molecule has 0 spiro atoms. The molecule has 0 heterocycles. The predicted molar refractivity (Wildman–Crippen MR) is 125 cm³/mol. The van der Waals surface area contributed by atoms with Crippen LogP contribution in [0, 0.1) is 15.5 Å². The maximum atomic E-state index is 13.6. The van der Waals surface area contributed by atoms with Crippen molar-refractivity contribution in [2.45, 2.75) is 33.9 Å². The molecular formula is C21H22ClF3NO6PS. The molecule has 1 atom stereocenters. The van der Waals surface area contributed by atoms with Gasteiger partial charge in [0.2, 0.25) is 0 Å². The number of esters is 1. The molecule has 0 saturated heterocycles. The topological polar surface area (TPSA) is 95.7 Å². The first-order valence-electron chi connectivity index (χ1n) is 9.83. The van der Waals surface area contributed by atoms with Crippen molar-refractivity contribution in [3.05, 3.63) is 57.1 Å². The number of alkyl halides is 3. The van der Waals surface area contributed by atoms with Gasteiger partial charge in [0, 0.05) is 12.2 Å². The van der Waals surface area contributed by atoms with Crippen LogP contribution in [0.25, 0.3) is 0 Å². The maximum absolute atomic E-state index is 13.6. The number of benzene rings is 2. The number of halogens is 4. The predicted octanol–water partition coefficient (Wildman–Crippen LogP) is 7.26. The van der Waals surface area contributed by atoms with Gasteiger partial charge in [-0.05, 0) is 51.1 Å². The Morgan fingerprint density at radius 2 is 1.82 bits per heavy atom. The lowest BCUT2D eigenvalue weighted by Crippen LogP contribution is -2.23. The van der Waals surface area contributed by atoms with E-state index in [0.29, 0.717) is 6.07 Å². The smallest absolute Gasteiger partial charge is 0.416 e. The number of carbonyl (C=O) groups excluding carboxylic acids is 1. The van der Waals surface area contributed by atoms with Gasteiger partial charge in [-0.1, -0.05) is 29.9 Å². The van der Waals surface area contributed by atoms with Crippen LogP contribution >= 0.6 is 29.3 Å². The third-order valence-electron chi connectivity index (χ3n) is 4.48. The van der Waals surface area contributed by atoms with Gasteiger partial charge in [0.25, 0.3) is 5.69 Å². The van der Waals surface area contributed by atoms with Crippen molar-refractivity contribution in [1.29, 1.82) is 0 Å². The van der Waals surface area contributed by atoms with Gasteiger partial charge in [0.1, 0.15) is 22.7 Å². The molecule has 0 aromatic heterocycles. The monoisotopic (exact) mass is 539 g/mol. The molecule has 1 unspecified atom stereocenters. The van der Waals surface area contributed by atoms with Crippen molar-refractivity contribution in [3.63, 3.8) is 0 Å². The summed E-state index contributed by atoms with van der Waals surface area (Å²) in [4.78, 5) is 22.9. The summed E-state index contributed by atoms with van der Waals surface area (Å²) in [6, 6.07) is 6.00. The highest BCUT2D eigenvalue weighted by molar-refractivity contribution is 8.60. The Labute approximate surface area is 203 Å². The number of carbonyl (C=O) groups is 1. The quantitative estimate of drug-likeness (QED) is 0.114. The van der Waals surface area contributed by atoms with Crippen molar-refractivity contribution >= 4 is 46.3 Å². The van der Waals surface area contributed by atoms with E-state index in [1.165, 1.54) is 12.1 Å². The molecule has 0 aliphatic carbocycles. The molecule has 34 heavy (non-hydrogen) atoms. The SMILES string of the molecule is CCP(=O)(SCOC(=O)C(C)(C)C)c1cc(Oc2ccc(C(F)(F)F)cc2Cl)ccc1[N+](=O)[O-]. The summed E-state index contributed by atoms with van der Waals surface area (Å²) in [5.41, 5.74) is -2.17. The van der Waals surface area contributed by atoms with Crippen LogP contribution in [0.3, 0.4) is 0 Å². The van der Waals surface area contributed by atoms with Gasteiger partial charge in [-0.2, -0.15) is 13.2 Å². The van der Waals surface area contributed by atoms with Gasteiger partial charge in [-0.25, -0.2) is 0 Å². The molecular weight excluding hydrogens is 518 g/mol.